The molecule has 0 unspecified atom stereocenters. The molecule has 11 heteroatoms. The van der Waals surface area contributed by atoms with Crippen LogP contribution < -0.4 is 10.6 Å². The highest BCUT2D eigenvalue weighted by Crippen LogP contribution is 2.40. The van der Waals surface area contributed by atoms with E-state index in [4.69, 9.17) is 14.2 Å². The molecule has 2 aromatic carbocycles. The molecular weight excluding hydrogens is 570 g/mol. The average molecular weight is 612 g/mol. The molecule has 3 N–H and O–H groups in total. The summed E-state index contributed by atoms with van der Waals surface area (Å²) in [5.74, 6) is -0.742. The molecule has 3 fully saturated rings. The number of nitrogens with zero attached hydrogens (tertiary/aromatic N) is 1. The first kappa shape index (κ1) is 31.3. The first-order chi connectivity index (χ1) is 20.6. The summed E-state index contributed by atoms with van der Waals surface area (Å²) in [6.07, 6.45) is -1.34. The number of alkyl carbamates (subject to hydrolysis) is 1. The van der Waals surface area contributed by atoms with Crippen molar-refractivity contribution in [3.8, 4) is 0 Å². The van der Waals surface area contributed by atoms with Crippen molar-refractivity contribution < 1.29 is 33.7 Å². The van der Waals surface area contributed by atoms with Gasteiger partial charge in [0.15, 0.2) is 12.4 Å². The Kier molecular flexibility index (Phi) is 9.95. The number of aryl methyl sites for hydroxylation is 1. The third-order valence-corrected chi connectivity index (χ3v) is 9.88. The number of nitrogens with one attached hydrogen (secondary N) is 2. The summed E-state index contributed by atoms with van der Waals surface area (Å²) in [5.41, 5.74) is 2.87. The highest BCUT2D eigenvalue weighted by molar-refractivity contribution is 8.00. The summed E-state index contributed by atoms with van der Waals surface area (Å²) in [6.45, 7) is 6.98. The number of carbonyl (C=O) groups is 3. The van der Waals surface area contributed by atoms with Crippen LogP contribution in [0.15, 0.2) is 54.6 Å². The van der Waals surface area contributed by atoms with Crippen molar-refractivity contribution in [2.24, 2.45) is 5.92 Å². The van der Waals surface area contributed by atoms with E-state index in [1.807, 2.05) is 75.4 Å². The van der Waals surface area contributed by atoms with Crippen LogP contribution in [0.4, 0.5) is 4.79 Å². The fraction of sp³-hybridized carbons (Fsp3) is 0.531. The van der Waals surface area contributed by atoms with E-state index in [1.165, 1.54) is 16.7 Å². The number of hydrogen-bond donors (Lipinski definition) is 3. The SMILES string of the molecule is Cc1ccccc1CNC(=O)[C@H]1N(C(=O)[C@@H](O)[C@H](Cc2ccccc2)NC(=O)O[C@H]2CO[C@H]3OCCC[C@H]32)CSC1(C)C. The fourth-order valence-electron chi connectivity index (χ4n) is 6.02. The van der Waals surface area contributed by atoms with Gasteiger partial charge < -0.3 is 34.9 Å². The number of carbonyl (C=O) groups excluding carboxylic acids is 3. The molecule has 3 aliphatic heterocycles. The Balaban J connectivity index is 1.29. The van der Waals surface area contributed by atoms with Gasteiger partial charge in [-0.1, -0.05) is 54.6 Å². The highest BCUT2D eigenvalue weighted by Gasteiger charge is 2.50. The molecule has 6 atom stereocenters. The van der Waals surface area contributed by atoms with Crippen LogP contribution in [0.5, 0.6) is 0 Å². The van der Waals surface area contributed by atoms with Crippen LogP contribution in [0.2, 0.25) is 0 Å². The Morgan fingerprint density at radius 1 is 1.12 bits per heavy atom. The molecule has 0 radical (unpaired) electrons. The van der Waals surface area contributed by atoms with E-state index in [0.29, 0.717) is 13.2 Å². The van der Waals surface area contributed by atoms with E-state index in [9.17, 15) is 19.5 Å². The fourth-order valence-corrected chi connectivity index (χ4v) is 7.16. The topological polar surface area (TPSA) is 126 Å². The quantitative estimate of drug-likeness (QED) is 0.395. The summed E-state index contributed by atoms with van der Waals surface area (Å²) in [5, 5.41) is 17.2. The lowest BCUT2D eigenvalue weighted by atomic mass is 9.96. The molecule has 5 rings (SSSR count). The first-order valence-electron chi connectivity index (χ1n) is 14.8. The molecule has 3 heterocycles. The number of benzene rings is 2. The Labute approximate surface area is 256 Å². The minimum atomic E-state index is -1.61. The molecule has 0 aromatic heterocycles. The zero-order chi connectivity index (χ0) is 30.6. The molecule has 0 saturated carbocycles. The van der Waals surface area contributed by atoms with Gasteiger partial charge in [0.2, 0.25) is 5.91 Å². The van der Waals surface area contributed by atoms with Gasteiger partial charge in [0.05, 0.1) is 18.5 Å². The van der Waals surface area contributed by atoms with E-state index in [-0.39, 0.29) is 37.0 Å². The van der Waals surface area contributed by atoms with Gasteiger partial charge in [0.1, 0.15) is 12.1 Å². The van der Waals surface area contributed by atoms with E-state index < -0.39 is 41.0 Å². The number of fused-ring (bicyclic) bond motifs is 1. The molecule has 3 saturated heterocycles. The number of rotatable bonds is 9. The predicted octanol–water partition coefficient (Wildman–Crippen LogP) is 3.14. The van der Waals surface area contributed by atoms with Crippen molar-refractivity contribution in [1.82, 2.24) is 15.5 Å². The van der Waals surface area contributed by atoms with Crippen molar-refractivity contribution in [3.63, 3.8) is 0 Å². The minimum absolute atomic E-state index is 0.0542. The molecule has 232 valence electrons. The molecule has 0 spiro atoms. The second-order valence-electron chi connectivity index (χ2n) is 11.9. The number of aliphatic hydroxyl groups is 1. The van der Waals surface area contributed by atoms with E-state index in [0.717, 1.165) is 29.5 Å². The largest absolute Gasteiger partial charge is 0.443 e. The number of thioether (sulfide) groups is 1. The van der Waals surface area contributed by atoms with Crippen molar-refractivity contribution in [2.45, 2.75) is 81.9 Å². The van der Waals surface area contributed by atoms with Gasteiger partial charge in [0, 0.05) is 23.8 Å². The lowest BCUT2D eigenvalue weighted by molar-refractivity contribution is -0.152. The van der Waals surface area contributed by atoms with Crippen LogP contribution in [0.1, 0.15) is 43.4 Å². The zero-order valence-corrected chi connectivity index (χ0v) is 25.7. The van der Waals surface area contributed by atoms with E-state index in [1.54, 1.807) is 0 Å². The van der Waals surface area contributed by atoms with Crippen LogP contribution in [-0.4, -0.2) is 82.3 Å². The molecule has 10 nitrogen and oxygen atoms in total. The maximum Gasteiger partial charge on any atom is 0.407 e. The Bertz CT molecular complexity index is 1290. The van der Waals surface area contributed by atoms with Crippen molar-refractivity contribution in [1.29, 1.82) is 0 Å². The van der Waals surface area contributed by atoms with Crippen molar-refractivity contribution in [2.75, 3.05) is 19.1 Å². The summed E-state index contributed by atoms with van der Waals surface area (Å²) in [6, 6.07) is 15.3. The van der Waals surface area contributed by atoms with Crippen LogP contribution in [0.25, 0.3) is 0 Å². The summed E-state index contributed by atoms with van der Waals surface area (Å²) < 4.78 is 16.4. The van der Waals surface area contributed by atoms with Crippen molar-refractivity contribution >= 4 is 29.7 Å². The standard InChI is InChI=1S/C32H41N3O7S/c1-20-10-7-8-13-22(20)17-33-28(37)27-32(2,3)43-19-35(27)29(38)26(36)24(16-21-11-5-4-6-12-21)34-31(39)42-25-18-41-30-23(25)14-9-15-40-30/h4-8,10-13,23-27,30,36H,9,14-19H2,1-3H3,(H,33,37)(H,34,39)/t23-,24-,25-,26-,27+,30+/m0/s1. The van der Waals surface area contributed by atoms with Crippen LogP contribution in [-0.2, 0) is 36.8 Å². The normalized spacial score (nSPS) is 25.8. The van der Waals surface area contributed by atoms with E-state index in [2.05, 4.69) is 10.6 Å². The van der Waals surface area contributed by atoms with Gasteiger partial charge in [0.25, 0.3) is 5.91 Å². The lowest BCUT2D eigenvalue weighted by Crippen LogP contribution is -2.58. The molecule has 0 bridgehead atoms. The maximum absolute atomic E-state index is 13.9. The number of hydrogen-bond acceptors (Lipinski definition) is 8. The second-order valence-corrected chi connectivity index (χ2v) is 13.5. The number of aliphatic hydroxyl groups excluding tert-OH is 1. The second kappa shape index (κ2) is 13.7. The molecular formula is C32H41N3O7S. The Morgan fingerprint density at radius 2 is 1.86 bits per heavy atom. The van der Waals surface area contributed by atoms with Crippen LogP contribution >= 0.6 is 11.8 Å². The smallest absolute Gasteiger partial charge is 0.407 e. The third kappa shape index (κ3) is 7.34. The molecule has 3 aliphatic rings. The number of ether oxygens (including phenoxy) is 3. The van der Waals surface area contributed by atoms with Gasteiger partial charge in [-0.2, -0.15) is 0 Å². The summed E-state index contributed by atoms with van der Waals surface area (Å²) >= 11 is 1.47. The van der Waals surface area contributed by atoms with Crippen molar-refractivity contribution in [3.05, 3.63) is 71.3 Å². The summed E-state index contributed by atoms with van der Waals surface area (Å²) in [7, 11) is 0. The van der Waals surface area contributed by atoms with Gasteiger partial charge in [-0.05, 0) is 56.7 Å². The van der Waals surface area contributed by atoms with Gasteiger partial charge in [-0.25, -0.2) is 4.79 Å². The third-order valence-electron chi connectivity index (χ3n) is 8.50. The monoisotopic (exact) mass is 611 g/mol. The van der Waals surface area contributed by atoms with Crippen LogP contribution in [0.3, 0.4) is 0 Å². The summed E-state index contributed by atoms with van der Waals surface area (Å²) in [4.78, 5) is 41.9. The lowest BCUT2D eigenvalue weighted by Gasteiger charge is -2.33. The Morgan fingerprint density at radius 3 is 2.63 bits per heavy atom. The molecule has 3 amide bonds. The molecule has 0 aliphatic carbocycles. The predicted molar refractivity (Wildman–Crippen MR) is 162 cm³/mol. The highest BCUT2D eigenvalue weighted by atomic mass is 32.2. The van der Waals surface area contributed by atoms with Gasteiger partial charge >= 0.3 is 6.09 Å². The maximum atomic E-state index is 13.9. The average Bonchev–Trinajstić information content (AvgIpc) is 3.55. The zero-order valence-electron chi connectivity index (χ0n) is 24.9. The van der Waals surface area contributed by atoms with Gasteiger partial charge in [-0.15, -0.1) is 11.8 Å². The van der Waals surface area contributed by atoms with Gasteiger partial charge in [-0.3, -0.25) is 9.59 Å². The Hall–Kier alpha value is -3.12. The number of amides is 3. The molecule has 2 aromatic rings. The van der Waals surface area contributed by atoms with E-state index >= 15 is 0 Å². The minimum Gasteiger partial charge on any atom is -0.443 e. The van der Waals surface area contributed by atoms with Crippen LogP contribution in [0, 0.1) is 12.8 Å². The first-order valence-corrected chi connectivity index (χ1v) is 15.8. The molecule has 43 heavy (non-hydrogen) atoms.